The molecular weight excluding hydrogens is 304 g/mol. The van der Waals surface area contributed by atoms with Crippen LogP contribution in [0.15, 0.2) is 29.6 Å². The monoisotopic (exact) mass is 320 g/mol. The number of nitrogens with zero attached hydrogens (tertiary/aromatic N) is 1. The SMILES string of the molecule is Cc1ccsc1C(O)CNC(=O)c1cccc([N+](=O)[O-])c1C. The van der Waals surface area contributed by atoms with E-state index in [9.17, 15) is 20.0 Å². The molecule has 0 aliphatic heterocycles. The molecule has 2 N–H and O–H groups in total. The van der Waals surface area contributed by atoms with Crippen molar-refractivity contribution in [2.75, 3.05) is 6.54 Å². The van der Waals surface area contributed by atoms with E-state index in [2.05, 4.69) is 5.32 Å². The lowest BCUT2D eigenvalue weighted by Gasteiger charge is -2.12. The van der Waals surface area contributed by atoms with Gasteiger partial charge in [0.1, 0.15) is 6.10 Å². The third-order valence-corrected chi connectivity index (χ3v) is 4.53. The first-order valence-electron chi connectivity index (χ1n) is 6.66. The Balaban J connectivity index is 2.09. The van der Waals surface area contributed by atoms with E-state index in [1.54, 1.807) is 0 Å². The Hall–Kier alpha value is -2.25. The number of thiophene rings is 1. The summed E-state index contributed by atoms with van der Waals surface area (Å²) in [5.41, 5.74) is 1.43. The molecule has 7 heteroatoms. The summed E-state index contributed by atoms with van der Waals surface area (Å²) < 4.78 is 0. The van der Waals surface area contributed by atoms with E-state index >= 15 is 0 Å². The number of nitro benzene ring substituents is 1. The van der Waals surface area contributed by atoms with Crippen LogP contribution in [0.25, 0.3) is 0 Å². The summed E-state index contributed by atoms with van der Waals surface area (Å²) >= 11 is 1.42. The minimum atomic E-state index is -0.789. The van der Waals surface area contributed by atoms with Crippen molar-refractivity contribution in [2.45, 2.75) is 20.0 Å². The molecule has 0 aliphatic carbocycles. The molecule has 0 aliphatic rings. The highest BCUT2D eigenvalue weighted by atomic mass is 32.1. The second-order valence-electron chi connectivity index (χ2n) is 4.90. The van der Waals surface area contributed by atoms with Crippen LogP contribution in [-0.2, 0) is 0 Å². The van der Waals surface area contributed by atoms with Crippen LogP contribution in [0.5, 0.6) is 0 Å². The van der Waals surface area contributed by atoms with Crippen LogP contribution in [0, 0.1) is 24.0 Å². The number of benzene rings is 1. The summed E-state index contributed by atoms with van der Waals surface area (Å²) in [6.07, 6.45) is -0.789. The molecule has 1 aromatic carbocycles. The number of hydrogen-bond acceptors (Lipinski definition) is 5. The minimum absolute atomic E-state index is 0.0579. The second-order valence-corrected chi connectivity index (χ2v) is 5.85. The fourth-order valence-corrected chi connectivity index (χ4v) is 3.08. The molecule has 116 valence electrons. The van der Waals surface area contributed by atoms with Gasteiger partial charge in [-0.1, -0.05) is 6.07 Å². The van der Waals surface area contributed by atoms with Crippen molar-refractivity contribution >= 4 is 22.9 Å². The van der Waals surface area contributed by atoms with Gasteiger partial charge in [-0.25, -0.2) is 0 Å². The lowest BCUT2D eigenvalue weighted by atomic mass is 10.1. The fraction of sp³-hybridized carbons (Fsp3) is 0.267. The van der Waals surface area contributed by atoms with E-state index in [1.807, 2.05) is 18.4 Å². The Kier molecular flexibility index (Phi) is 4.89. The maximum absolute atomic E-state index is 12.2. The van der Waals surface area contributed by atoms with Gasteiger partial charge >= 0.3 is 0 Å². The largest absolute Gasteiger partial charge is 0.386 e. The first kappa shape index (κ1) is 16.1. The molecule has 1 atom stereocenters. The molecule has 0 fully saturated rings. The van der Waals surface area contributed by atoms with Crippen LogP contribution in [0.3, 0.4) is 0 Å². The first-order chi connectivity index (χ1) is 10.4. The number of nitrogens with one attached hydrogen (secondary N) is 1. The Morgan fingerprint density at radius 3 is 2.73 bits per heavy atom. The molecule has 1 aromatic heterocycles. The van der Waals surface area contributed by atoms with Gasteiger partial charge in [-0.05, 0) is 36.9 Å². The van der Waals surface area contributed by atoms with E-state index in [1.165, 1.54) is 36.5 Å². The van der Waals surface area contributed by atoms with Crippen molar-refractivity contribution in [3.8, 4) is 0 Å². The predicted molar refractivity (Wildman–Crippen MR) is 84.2 cm³/mol. The van der Waals surface area contributed by atoms with Gasteiger partial charge in [-0.2, -0.15) is 0 Å². The van der Waals surface area contributed by atoms with E-state index in [4.69, 9.17) is 0 Å². The molecule has 1 heterocycles. The number of amides is 1. The highest BCUT2D eigenvalue weighted by Gasteiger charge is 2.19. The van der Waals surface area contributed by atoms with Gasteiger partial charge in [0, 0.05) is 28.6 Å². The molecule has 0 saturated heterocycles. The lowest BCUT2D eigenvalue weighted by molar-refractivity contribution is -0.385. The van der Waals surface area contributed by atoms with Gasteiger partial charge in [0.05, 0.1) is 4.92 Å². The van der Waals surface area contributed by atoms with Crippen LogP contribution in [-0.4, -0.2) is 22.5 Å². The molecule has 0 bridgehead atoms. The molecule has 6 nitrogen and oxygen atoms in total. The Morgan fingerprint density at radius 1 is 1.41 bits per heavy atom. The zero-order chi connectivity index (χ0) is 16.3. The van der Waals surface area contributed by atoms with Crippen LogP contribution < -0.4 is 5.32 Å². The summed E-state index contributed by atoms with van der Waals surface area (Å²) in [5.74, 6) is -0.436. The highest BCUT2D eigenvalue weighted by Crippen LogP contribution is 2.24. The van der Waals surface area contributed by atoms with Crippen LogP contribution in [0.2, 0.25) is 0 Å². The van der Waals surface area contributed by atoms with Gasteiger partial charge in [0.2, 0.25) is 0 Å². The zero-order valence-electron chi connectivity index (χ0n) is 12.2. The summed E-state index contributed by atoms with van der Waals surface area (Å²) in [6, 6.07) is 6.26. The standard InChI is InChI=1S/C15H16N2O4S/c1-9-6-7-22-14(9)13(18)8-16-15(19)11-4-3-5-12(10(11)2)17(20)21/h3-7,13,18H,8H2,1-2H3,(H,16,19). The van der Waals surface area contributed by atoms with E-state index in [0.29, 0.717) is 5.56 Å². The molecule has 2 aromatic rings. The summed E-state index contributed by atoms with van der Waals surface area (Å²) in [5, 5.41) is 25.5. The van der Waals surface area contributed by atoms with Gasteiger partial charge < -0.3 is 10.4 Å². The minimum Gasteiger partial charge on any atom is -0.386 e. The highest BCUT2D eigenvalue weighted by molar-refractivity contribution is 7.10. The van der Waals surface area contributed by atoms with Crippen molar-refractivity contribution in [3.63, 3.8) is 0 Å². The topological polar surface area (TPSA) is 92.5 Å². The average molecular weight is 320 g/mol. The molecule has 0 saturated carbocycles. The maximum Gasteiger partial charge on any atom is 0.273 e. The maximum atomic E-state index is 12.2. The quantitative estimate of drug-likeness (QED) is 0.654. The van der Waals surface area contributed by atoms with Crippen LogP contribution in [0.4, 0.5) is 5.69 Å². The average Bonchev–Trinajstić information content (AvgIpc) is 2.90. The van der Waals surface area contributed by atoms with E-state index in [-0.39, 0.29) is 17.8 Å². The van der Waals surface area contributed by atoms with Gasteiger partial charge in [0.15, 0.2) is 0 Å². The first-order valence-corrected chi connectivity index (χ1v) is 7.54. The van der Waals surface area contributed by atoms with Crippen LogP contribution >= 0.6 is 11.3 Å². The summed E-state index contributed by atoms with van der Waals surface area (Å²) in [4.78, 5) is 23.3. The summed E-state index contributed by atoms with van der Waals surface area (Å²) in [6.45, 7) is 3.48. The lowest BCUT2D eigenvalue weighted by Crippen LogP contribution is -2.29. The molecule has 22 heavy (non-hydrogen) atoms. The van der Waals surface area contributed by atoms with Crippen molar-refractivity contribution in [2.24, 2.45) is 0 Å². The van der Waals surface area contributed by atoms with Crippen molar-refractivity contribution in [1.82, 2.24) is 5.32 Å². The van der Waals surface area contributed by atoms with Crippen molar-refractivity contribution < 1.29 is 14.8 Å². The third-order valence-electron chi connectivity index (χ3n) is 3.41. The van der Waals surface area contributed by atoms with Gasteiger partial charge in [-0.15, -0.1) is 11.3 Å². The normalized spacial score (nSPS) is 12.0. The molecule has 0 radical (unpaired) electrons. The van der Waals surface area contributed by atoms with Gasteiger partial charge in [0.25, 0.3) is 11.6 Å². The number of aliphatic hydroxyl groups is 1. The number of hydrogen-bond donors (Lipinski definition) is 2. The molecular formula is C15H16N2O4S. The molecule has 0 spiro atoms. The number of aliphatic hydroxyl groups excluding tert-OH is 1. The Labute approximate surface area is 131 Å². The number of carbonyl (C=O) groups is 1. The van der Waals surface area contributed by atoms with E-state index < -0.39 is 16.9 Å². The number of nitro groups is 1. The predicted octanol–water partition coefficient (Wildman–Crippen LogP) is 2.74. The van der Waals surface area contributed by atoms with Gasteiger partial charge in [-0.3, -0.25) is 14.9 Å². The number of aryl methyl sites for hydroxylation is 1. The Morgan fingerprint density at radius 2 is 2.14 bits per heavy atom. The molecule has 1 unspecified atom stereocenters. The number of carbonyl (C=O) groups excluding carboxylic acids is 1. The zero-order valence-corrected chi connectivity index (χ0v) is 13.0. The third kappa shape index (κ3) is 3.32. The summed E-state index contributed by atoms with van der Waals surface area (Å²) in [7, 11) is 0. The molecule has 2 rings (SSSR count). The molecule has 1 amide bonds. The van der Waals surface area contributed by atoms with Crippen molar-refractivity contribution in [1.29, 1.82) is 0 Å². The van der Waals surface area contributed by atoms with Crippen molar-refractivity contribution in [3.05, 3.63) is 61.3 Å². The van der Waals surface area contributed by atoms with E-state index in [0.717, 1.165) is 10.4 Å². The fourth-order valence-electron chi connectivity index (χ4n) is 2.17. The van der Waals surface area contributed by atoms with Crippen LogP contribution in [0.1, 0.15) is 32.5 Å². The smallest absolute Gasteiger partial charge is 0.273 e. The number of rotatable bonds is 5. The second kappa shape index (κ2) is 6.67. The Bertz CT molecular complexity index is 711.